The zero-order valence-corrected chi connectivity index (χ0v) is 14.3. The number of piperidine rings is 1. The van der Waals surface area contributed by atoms with Gasteiger partial charge < -0.3 is 14.4 Å². The van der Waals surface area contributed by atoms with E-state index in [0.717, 1.165) is 18.4 Å². The number of ether oxygens (including phenoxy) is 2. The van der Waals surface area contributed by atoms with E-state index in [1.165, 1.54) is 7.11 Å². The van der Waals surface area contributed by atoms with Crippen LogP contribution in [0.2, 0.25) is 0 Å². The highest BCUT2D eigenvalue weighted by Gasteiger charge is 2.28. The molecule has 23 heavy (non-hydrogen) atoms. The van der Waals surface area contributed by atoms with Crippen LogP contribution in [0.15, 0.2) is 24.3 Å². The molecule has 2 rings (SSSR count). The molecule has 1 aromatic carbocycles. The van der Waals surface area contributed by atoms with Gasteiger partial charge in [-0.1, -0.05) is 12.1 Å². The van der Waals surface area contributed by atoms with Gasteiger partial charge in [0.1, 0.15) is 5.60 Å². The lowest BCUT2D eigenvalue weighted by Gasteiger charge is -2.34. The summed E-state index contributed by atoms with van der Waals surface area (Å²) in [4.78, 5) is 25.7. The Hall–Kier alpha value is -2.04. The van der Waals surface area contributed by atoms with Crippen LogP contribution in [0.5, 0.6) is 0 Å². The minimum absolute atomic E-state index is 0.209. The zero-order valence-electron chi connectivity index (χ0n) is 14.3. The van der Waals surface area contributed by atoms with E-state index in [1.54, 1.807) is 11.0 Å². The molecule has 0 aliphatic carbocycles. The molecule has 5 nitrogen and oxygen atoms in total. The molecule has 0 saturated carbocycles. The fraction of sp³-hybridized carbons (Fsp3) is 0.556. The first-order chi connectivity index (χ1) is 10.8. The molecule has 0 radical (unpaired) electrons. The van der Waals surface area contributed by atoms with Gasteiger partial charge in [0.05, 0.1) is 12.7 Å². The van der Waals surface area contributed by atoms with Gasteiger partial charge in [-0.15, -0.1) is 0 Å². The van der Waals surface area contributed by atoms with Gasteiger partial charge in [-0.25, -0.2) is 9.59 Å². The monoisotopic (exact) mass is 319 g/mol. The summed E-state index contributed by atoms with van der Waals surface area (Å²) in [5, 5.41) is 0. The molecular formula is C18H25NO4. The van der Waals surface area contributed by atoms with Crippen LogP contribution in [-0.4, -0.2) is 42.8 Å². The maximum Gasteiger partial charge on any atom is 0.410 e. The van der Waals surface area contributed by atoms with Gasteiger partial charge in [-0.05, 0) is 51.3 Å². The van der Waals surface area contributed by atoms with Crippen LogP contribution in [0.4, 0.5) is 4.79 Å². The first-order valence-corrected chi connectivity index (χ1v) is 7.96. The first kappa shape index (κ1) is 17.3. The van der Waals surface area contributed by atoms with Gasteiger partial charge in [-0.3, -0.25) is 0 Å². The van der Waals surface area contributed by atoms with Crippen molar-refractivity contribution >= 4 is 12.1 Å². The van der Waals surface area contributed by atoms with E-state index < -0.39 is 5.60 Å². The lowest BCUT2D eigenvalue weighted by molar-refractivity contribution is 0.0198. The second-order valence-corrected chi connectivity index (χ2v) is 6.88. The lowest BCUT2D eigenvalue weighted by atomic mass is 9.90. The summed E-state index contributed by atoms with van der Waals surface area (Å²) in [7, 11) is 1.37. The summed E-state index contributed by atoms with van der Waals surface area (Å²) in [5.74, 6) is -0.132. The van der Waals surface area contributed by atoms with Crippen molar-refractivity contribution in [2.45, 2.75) is 45.1 Å². The molecule has 126 valence electrons. The summed E-state index contributed by atoms with van der Waals surface area (Å²) in [6.45, 7) is 6.92. The Morgan fingerprint density at radius 2 is 2.00 bits per heavy atom. The van der Waals surface area contributed by atoms with Gasteiger partial charge in [0.15, 0.2) is 0 Å². The van der Waals surface area contributed by atoms with Gasteiger partial charge in [0.2, 0.25) is 0 Å². The Balaban J connectivity index is 2.09. The summed E-state index contributed by atoms with van der Waals surface area (Å²) >= 11 is 0. The fourth-order valence-corrected chi connectivity index (χ4v) is 2.78. The highest BCUT2D eigenvalue weighted by molar-refractivity contribution is 5.89. The van der Waals surface area contributed by atoms with Crippen molar-refractivity contribution in [3.63, 3.8) is 0 Å². The number of amides is 1. The van der Waals surface area contributed by atoms with Crippen LogP contribution < -0.4 is 0 Å². The van der Waals surface area contributed by atoms with Crippen LogP contribution in [-0.2, 0) is 9.47 Å². The smallest absolute Gasteiger partial charge is 0.410 e. The van der Waals surface area contributed by atoms with E-state index in [-0.39, 0.29) is 18.0 Å². The maximum absolute atomic E-state index is 12.2. The summed E-state index contributed by atoms with van der Waals surface area (Å²) < 4.78 is 10.2. The van der Waals surface area contributed by atoms with E-state index in [1.807, 2.05) is 39.0 Å². The van der Waals surface area contributed by atoms with Crippen molar-refractivity contribution in [2.24, 2.45) is 0 Å². The van der Waals surface area contributed by atoms with Crippen molar-refractivity contribution in [1.29, 1.82) is 0 Å². The normalized spacial score (nSPS) is 18.4. The van der Waals surface area contributed by atoms with Crippen molar-refractivity contribution < 1.29 is 19.1 Å². The molecule has 5 heteroatoms. The number of esters is 1. The zero-order chi connectivity index (χ0) is 17.0. The summed E-state index contributed by atoms with van der Waals surface area (Å²) in [6, 6.07) is 7.45. The molecule has 1 aliphatic rings. The van der Waals surface area contributed by atoms with Crippen molar-refractivity contribution in [3.05, 3.63) is 35.4 Å². The molecule has 1 amide bonds. The Morgan fingerprint density at radius 3 is 2.65 bits per heavy atom. The van der Waals surface area contributed by atoms with E-state index in [9.17, 15) is 9.59 Å². The predicted molar refractivity (Wildman–Crippen MR) is 87.6 cm³/mol. The van der Waals surface area contributed by atoms with Crippen LogP contribution in [0, 0.1) is 0 Å². The van der Waals surface area contributed by atoms with E-state index in [0.29, 0.717) is 18.7 Å². The van der Waals surface area contributed by atoms with Crippen LogP contribution in [0.25, 0.3) is 0 Å². The van der Waals surface area contributed by atoms with Gasteiger partial charge in [-0.2, -0.15) is 0 Å². The molecule has 1 heterocycles. The first-order valence-electron chi connectivity index (χ1n) is 7.96. The molecule has 0 N–H and O–H groups in total. The fourth-order valence-electron chi connectivity index (χ4n) is 2.78. The molecule has 1 aliphatic heterocycles. The number of benzene rings is 1. The van der Waals surface area contributed by atoms with Crippen LogP contribution >= 0.6 is 0 Å². The third-order valence-electron chi connectivity index (χ3n) is 3.85. The molecule has 1 unspecified atom stereocenters. The lowest BCUT2D eigenvalue weighted by Crippen LogP contribution is -2.42. The molecule has 1 fully saturated rings. The highest BCUT2D eigenvalue weighted by Crippen LogP contribution is 2.28. The highest BCUT2D eigenvalue weighted by atomic mass is 16.6. The Labute approximate surface area is 137 Å². The quantitative estimate of drug-likeness (QED) is 0.782. The number of hydrogen-bond acceptors (Lipinski definition) is 4. The number of hydrogen-bond donors (Lipinski definition) is 0. The van der Waals surface area contributed by atoms with Crippen molar-refractivity contribution in [2.75, 3.05) is 20.2 Å². The average molecular weight is 319 g/mol. The van der Waals surface area contributed by atoms with Crippen LogP contribution in [0.3, 0.4) is 0 Å². The SMILES string of the molecule is COC(=O)c1cccc(C2CCCN(C(=O)OC(C)(C)C)C2)c1. The van der Waals surface area contributed by atoms with Gasteiger partial charge >= 0.3 is 12.1 Å². The van der Waals surface area contributed by atoms with E-state index in [4.69, 9.17) is 9.47 Å². The number of methoxy groups -OCH3 is 1. The Kier molecular flexibility index (Phi) is 5.29. The number of rotatable bonds is 2. The molecule has 0 aromatic heterocycles. The second-order valence-electron chi connectivity index (χ2n) is 6.88. The predicted octanol–water partition coefficient (Wildman–Crippen LogP) is 3.59. The molecule has 0 spiro atoms. The minimum atomic E-state index is -0.491. The van der Waals surface area contributed by atoms with Gasteiger partial charge in [0, 0.05) is 19.0 Å². The summed E-state index contributed by atoms with van der Waals surface area (Å²) in [5.41, 5.74) is 1.11. The van der Waals surface area contributed by atoms with Crippen molar-refractivity contribution in [3.8, 4) is 0 Å². The number of nitrogens with zero attached hydrogens (tertiary/aromatic N) is 1. The third-order valence-corrected chi connectivity index (χ3v) is 3.85. The number of carbonyl (C=O) groups excluding carboxylic acids is 2. The Bertz CT molecular complexity index is 577. The Morgan fingerprint density at radius 1 is 1.26 bits per heavy atom. The van der Waals surface area contributed by atoms with Crippen LogP contribution in [0.1, 0.15) is 55.5 Å². The minimum Gasteiger partial charge on any atom is -0.465 e. The third kappa shape index (κ3) is 4.71. The molecular weight excluding hydrogens is 294 g/mol. The number of carbonyl (C=O) groups is 2. The maximum atomic E-state index is 12.2. The number of likely N-dealkylation sites (tertiary alicyclic amines) is 1. The largest absolute Gasteiger partial charge is 0.465 e. The van der Waals surface area contributed by atoms with Crippen molar-refractivity contribution in [1.82, 2.24) is 4.90 Å². The molecule has 1 aromatic rings. The standard InChI is InChI=1S/C18H25NO4/c1-18(2,3)23-17(21)19-10-6-9-15(12-19)13-7-5-8-14(11-13)16(20)22-4/h5,7-8,11,15H,6,9-10,12H2,1-4H3. The topological polar surface area (TPSA) is 55.8 Å². The van der Waals surface area contributed by atoms with E-state index in [2.05, 4.69) is 0 Å². The molecule has 1 atom stereocenters. The van der Waals surface area contributed by atoms with E-state index >= 15 is 0 Å². The summed E-state index contributed by atoms with van der Waals surface area (Å²) in [6.07, 6.45) is 1.64. The average Bonchev–Trinajstić information content (AvgIpc) is 2.53. The second kappa shape index (κ2) is 7.02. The molecule has 0 bridgehead atoms. The van der Waals surface area contributed by atoms with Gasteiger partial charge in [0.25, 0.3) is 0 Å². The molecule has 1 saturated heterocycles.